The largest absolute Gasteiger partial charge is 0.326 e. The van der Waals surface area contributed by atoms with E-state index >= 15 is 0 Å². The van der Waals surface area contributed by atoms with E-state index in [1.165, 1.54) is 0 Å². The Kier molecular flexibility index (Phi) is 5.94. The molecule has 7 heteroatoms. The lowest BCUT2D eigenvalue weighted by molar-refractivity contribution is -0.128. The SMILES string of the molecule is Cc1ccc(NC(=O)C[C@H]2SC(=O)N(CC(=O)c3ccccc3)C2=O)c(C)c1. The maximum atomic E-state index is 12.5. The summed E-state index contributed by atoms with van der Waals surface area (Å²) in [5, 5.41) is 1.46. The van der Waals surface area contributed by atoms with Crippen LogP contribution < -0.4 is 5.32 Å². The van der Waals surface area contributed by atoms with Gasteiger partial charge in [-0.05, 0) is 25.5 Å². The summed E-state index contributed by atoms with van der Waals surface area (Å²) in [4.78, 5) is 50.3. The van der Waals surface area contributed by atoms with E-state index in [1.807, 2.05) is 32.0 Å². The number of imide groups is 1. The first kappa shape index (κ1) is 19.8. The van der Waals surface area contributed by atoms with Crippen LogP contribution in [0.15, 0.2) is 48.5 Å². The highest BCUT2D eigenvalue weighted by Gasteiger charge is 2.41. The van der Waals surface area contributed by atoms with Crippen LogP contribution in [-0.2, 0) is 9.59 Å². The average molecular weight is 396 g/mol. The number of thioether (sulfide) groups is 1. The minimum Gasteiger partial charge on any atom is -0.326 e. The molecule has 1 saturated heterocycles. The van der Waals surface area contributed by atoms with Crippen molar-refractivity contribution in [2.24, 2.45) is 0 Å². The second kappa shape index (κ2) is 8.39. The third-order valence-electron chi connectivity index (χ3n) is 4.43. The monoisotopic (exact) mass is 396 g/mol. The predicted molar refractivity (Wildman–Crippen MR) is 108 cm³/mol. The van der Waals surface area contributed by atoms with E-state index in [0.29, 0.717) is 11.3 Å². The molecule has 3 amide bonds. The van der Waals surface area contributed by atoms with Crippen molar-refractivity contribution < 1.29 is 19.2 Å². The molecule has 0 radical (unpaired) electrons. The van der Waals surface area contributed by atoms with Gasteiger partial charge in [-0.15, -0.1) is 0 Å². The van der Waals surface area contributed by atoms with E-state index in [1.54, 1.807) is 30.3 Å². The highest BCUT2D eigenvalue weighted by Crippen LogP contribution is 2.30. The molecule has 1 atom stereocenters. The number of hydrogen-bond donors (Lipinski definition) is 1. The van der Waals surface area contributed by atoms with Crippen LogP contribution in [-0.4, -0.2) is 39.5 Å². The van der Waals surface area contributed by atoms with Gasteiger partial charge in [0.15, 0.2) is 5.78 Å². The van der Waals surface area contributed by atoms with E-state index in [0.717, 1.165) is 27.8 Å². The molecule has 144 valence electrons. The molecule has 3 rings (SSSR count). The maximum absolute atomic E-state index is 12.5. The number of anilines is 1. The molecule has 0 saturated carbocycles. The first-order valence-electron chi connectivity index (χ1n) is 8.82. The maximum Gasteiger partial charge on any atom is 0.289 e. The molecule has 2 aromatic rings. The summed E-state index contributed by atoms with van der Waals surface area (Å²) in [7, 11) is 0. The zero-order valence-electron chi connectivity index (χ0n) is 15.6. The third kappa shape index (κ3) is 4.48. The Labute approximate surface area is 167 Å². The first-order chi connectivity index (χ1) is 13.3. The highest BCUT2D eigenvalue weighted by atomic mass is 32.2. The Bertz CT molecular complexity index is 943. The summed E-state index contributed by atoms with van der Waals surface area (Å²) in [6, 6.07) is 14.1. The molecule has 1 fully saturated rings. The summed E-state index contributed by atoms with van der Waals surface area (Å²) < 4.78 is 0. The fraction of sp³-hybridized carbons (Fsp3) is 0.238. The van der Waals surface area contributed by atoms with Gasteiger partial charge in [0, 0.05) is 17.7 Å². The van der Waals surface area contributed by atoms with E-state index in [2.05, 4.69) is 5.32 Å². The van der Waals surface area contributed by atoms with Crippen molar-refractivity contribution in [2.45, 2.75) is 25.5 Å². The zero-order valence-corrected chi connectivity index (χ0v) is 16.4. The number of benzene rings is 2. The number of rotatable bonds is 6. The number of carbonyl (C=O) groups is 4. The van der Waals surface area contributed by atoms with Crippen molar-refractivity contribution >= 4 is 40.3 Å². The van der Waals surface area contributed by atoms with Crippen LogP contribution in [0.2, 0.25) is 0 Å². The van der Waals surface area contributed by atoms with Crippen LogP contribution >= 0.6 is 11.8 Å². The Hall–Kier alpha value is -2.93. The normalized spacial score (nSPS) is 16.4. The zero-order chi connectivity index (χ0) is 20.3. The van der Waals surface area contributed by atoms with Gasteiger partial charge in [-0.2, -0.15) is 0 Å². The average Bonchev–Trinajstić information content (AvgIpc) is 2.92. The van der Waals surface area contributed by atoms with Crippen molar-refractivity contribution in [3.8, 4) is 0 Å². The fourth-order valence-electron chi connectivity index (χ4n) is 2.95. The van der Waals surface area contributed by atoms with E-state index in [9.17, 15) is 19.2 Å². The van der Waals surface area contributed by atoms with E-state index in [-0.39, 0.29) is 24.7 Å². The lowest BCUT2D eigenvalue weighted by atomic mass is 10.1. The second-order valence-corrected chi connectivity index (χ2v) is 7.81. The van der Waals surface area contributed by atoms with Crippen LogP contribution in [0, 0.1) is 13.8 Å². The van der Waals surface area contributed by atoms with Crippen molar-refractivity contribution in [3.63, 3.8) is 0 Å². The molecule has 1 heterocycles. The number of carbonyl (C=O) groups excluding carboxylic acids is 4. The molecule has 1 N–H and O–H groups in total. The van der Waals surface area contributed by atoms with Gasteiger partial charge >= 0.3 is 0 Å². The molecule has 0 aliphatic carbocycles. The van der Waals surface area contributed by atoms with Gasteiger partial charge in [-0.3, -0.25) is 24.1 Å². The van der Waals surface area contributed by atoms with Crippen molar-refractivity contribution in [2.75, 3.05) is 11.9 Å². The summed E-state index contributed by atoms with van der Waals surface area (Å²) in [6.07, 6.45) is -0.126. The number of ketones is 1. The lowest BCUT2D eigenvalue weighted by Crippen LogP contribution is -2.36. The molecule has 0 spiro atoms. The van der Waals surface area contributed by atoms with E-state index < -0.39 is 16.4 Å². The van der Waals surface area contributed by atoms with Gasteiger partial charge in [0.2, 0.25) is 11.8 Å². The van der Waals surface area contributed by atoms with Crippen molar-refractivity contribution in [1.29, 1.82) is 0 Å². The number of nitrogens with one attached hydrogen (secondary N) is 1. The fourth-order valence-corrected chi connectivity index (χ4v) is 3.94. The van der Waals surface area contributed by atoms with Crippen molar-refractivity contribution in [3.05, 3.63) is 65.2 Å². The molecule has 0 aromatic heterocycles. The van der Waals surface area contributed by atoms with Crippen LogP contribution in [0.5, 0.6) is 0 Å². The van der Waals surface area contributed by atoms with Crippen LogP contribution in [0.1, 0.15) is 27.9 Å². The molecule has 2 aromatic carbocycles. The summed E-state index contributed by atoms with van der Waals surface area (Å²) in [5.41, 5.74) is 3.11. The third-order valence-corrected chi connectivity index (χ3v) is 5.50. The molecular formula is C21H20N2O4S. The number of Topliss-reactive ketones (excluding diaryl/α,β-unsaturated/α-hetero) is 1. The molecule has 0 unspecified atom stereocenters. The molecule has 28 heavy (non-hydrogen) atoms. The summed E-state index contributed by atoms with van der Waals surface area (Å²) >= 11 is 0.789. The Morgan fingerprint density at radius 2 is 1.79 bits per heavy atom. The van der Waals surface area contributed by atoms with Crippen LogP contribution in [0.3, 0.4) is 0 Å². The minimum absolute atomic E-state index is 0.126. The van der Waals surface area contributed by atoms with Gasteiger partial charge in [0.25, 0.3) is 5.24 Å². The predicted octanol–water partition coefficient (Wildman–Crippen LogP) is 3.58. The first-order valence-corrected chi connectivity index (χ1v) is 9.70. The number of hydrogen-bond acceptors (Lipinski definition) is 5. The lowest BCUT2D eigenvalue weighted by Gasteiger charge is -2.13. The van der Waals surface area contributed by atoms with Gasteiger partial charge in [-0.25, -0.2) is 0 Å². The Morgan fingerprint density at radius 3 is 2.46 bits per heavy atom. The van der Waals surface area contributed by atoms with E-state index in [4.69, 9.17) is 0 Å². The topological polar surface area (TPSA) is 83.6 Å². The number of amides is 3. The smallest absolute Gasteiger partial charge is 0.289 e. The second-order valence-electron chi connectivity index (χ2n) is 6.66. The van der Waals surface area contributed by atoms with Gasteiger partial charge < -0.3 is 5.32 Å². The quantitative estimate of drug-likeness (QED) is 0.755. The Balaban J connectivity index is 1.61. The van der Waals surface area contributed by atoms with Gasteiger partial charge in [-0.1, -0.05) is 59.8 Å². The molecular weight excluding hydrogens is 376 g/mol. The molecule has 6 nitrogen and oxygen atoms in total. The Morgan fingerprint density at radius 1 is 1.07 bits per heavy atom. The number of aryl methyl sites for hydroxylation is 2. The minimum atomic E-state index is -0.818. The van der Waals surface area contributed by atoms with Crippen LogP contribution in [0.25, 0.3) is 0 Å². The molecule has 1 aliphatic heterocycles. The highest BCUT2D eigenvalue weighted by molar-refractivity contribution is 8.15. The number of nitrogens with zero attached hydrogens (tertiary/aromatic N) is 1. The van der Waals surface area contributed by atoms with Gasteiger partial charge in [0.05, 0.1) is 6.54 Å². The van der Waals surface area contributed by atoms with Gasteiger partial charge in [0.1, 0.15) is 5.25 Å². The standard InChI is InChI=1S/C21H20N2O4S/c1-13-8-9-16(14(2)10-13)22-19(25)11-18-20(26)23(21(27)28-18)12-17(24)15-6-4-3-5-7-15/h3-10,18H,11-12H2,1-2H3,(H,22,25)/t18-/m1/s1. The molecule has 0 bridgehead atoms. The molecule has 1 aliphatic rings. The van der Waals surface area contributed by atoms with Crippen molar-refractivity contribution in [1.82, 2.24) is 4.90 Å². The van der Waals surface area contributed by atoms with Crippen LogP contribution in [0.4, 0.5) is 10.5 Å². The summed E-state index contributed by atoms with van der Waals surface area (Å²) in [6.45, 7) is 3.53. The summed E-state index contributed by atoms with van der Waals surface area (Å²) in [5.74, 6) is -1.17.